The first-order chi connectivity index (χ1) is 10.5. The average molecular weight is 307 g/mol. The van der Waals surface area contributed by atoms with Crippen LogP contribution >= 0.6 is 0 Å². The van der Waals surface area contributed by atoms with Gasteiger partial charge >= 0.3 is 0 Å². The zero-order valence-corrected chi connectivity index (χ0v) is 14.4. The number of hydrogen-bond donors (Lipinski definition) is 2. The third-order valence-electron chi connectivity index (χ3n) is 5.41. The Morgan fingerprint density at radius 1 is 1.32 bits per heavy atom. The molecule has 5 atom stereocenters. The Morgan fingerprint density at radius 3 is 2.64 bits per heavy atom. The van der Waals surface area contributed by atoms with Crippen LogP contribution in [0.4, 0.5) is 0 Å². The summed E-state index contributed by atoms with van der Waals surface area (Å²) in [5.41, 5.74) is 7.33. The Morgan fingerprint density at radius 2 is 2.09 bits per heavy atom. The van der Waals surface area contributed by atoms with E-state index in [1.54, 1.807) is 0 Å². The van der Waals surface area contributed by atoms with Gasteiger partial charge in [-0.15, -0.1) is 0 Å². The molecule has 0 amide bonds. The molecular weight excluding hydrogens is 274 g/mol. The summed E-state index contributed by atoms with van der Waals surface area (Å²) in [7, 11) is 0. The van der Waals surface area contributed by atoms with Crippen LogP contribution in [-0.4, -0.2) is 23.9 Å². The summed E-state index contributed by atoms with van der Waals surface area (Å²) < 4.78 is 5.73. The van der Waals surface area contributed by atoms with Crippen molar-refractivity contribution in [3.8, 4) is 0 Å². The van der Waals surface area contributed by atoms with Crippen molar-refractivity contribution in [2.75, 3.05) is 6.61 Å². The molecule has 5 unspecified atom stereocenters. The lowest BCUT2D eigenvalue weighted by Gasteiger charge is -2.31. The van der Waals surface area contributed by atoms with Crippen molar-refractivity contribution in [1.29, 1.82) is 0 Å². The van der Waals surface area contributed by atoms with E-state index < -0.39 is 0 Å². The number of aliphatic hydroxyl groups is 1. The normalized spacial score (nSPS) is 29.9. The summed E-state index contributed by atoms with van der Waals surface area (Å²) in [6.07, 6.45) is 10.3. The van der Waals surface area contributed by atoms with Gasteiger partial charge in [-0.25, -0.2) is 0 Å². The number of nitrogens with two attached hydrogens (primary N) is 1. The van der Waals surface area contributed by atoms with Crippen molar-refractivity contribution in [2.24, 2.45) is 23.5 Å². The van der Waals surface area contributed by atoms with Crippen LogP contribution in [-0.2, 0) is 4.74 Å². The number of hydrogen-bond acceptors (Lipinski definition) is 3. The van der Waals surface area contributed by atoms with Crippen LogP contribution in [0.15, 0.2) is 23.5 Å². The van der Waals surface area contributed by atoms with E-state index in [-0.39, 0.29) is 12.1 Å². The molecule has 0 spiro atoms. The minimum Gasteiger partial charge on any atom is -0.498 e. The van der Waals surface area contributed by atoms with Gasteiger partial charge in [-0.2, -0.15) is 0 Å². The van der Waals surface area contributed by atoms with Crippen molar-refractivity contribution in [2.45, 2.75) is 71.4 Å². The maximum atomic E-state index is 10.5. The van der Waals surface area contributed by atoms with E-state index in [1.165, 1.54) is 5.57 Å². The highest BCUT2D eigenvalue weighted by atomic mass is 16.5. The maximum Gasteiger partial charge on any atom is 0.0921 e. The van der Waals surface area contributed by atoms with Gasteiger partial charge in [0.25, 0.3) is 0 Å². The Kier molecular flexibility index (Phi) is 6.51. The number of aliphatic hydroxyl groups excluding tert-OH is 1. The summed E-state index contributed by atoms with van der Waals surface area (Å²) in [4.78, 5) is 0. The first-order valence-electron chi connectivity index (χ1n) is 8.91. The first kappa shape index (κ1) is 17.6. The quantitative estimate of drug-likeness (QED) is 0.734. The molecule has 0 saturated heterocycles. The fourth-order valence-corrected chi connectivity index (χ4v) is 3.52. The number of ether oxygens (including phenoxy) is 1. The zero-order chi connectivity index (χ0) is 16.1. The molecule has 0 radical (unpaired) electrons. The van der Waals surface area contributed by atoms with E-state index in [1.807, 2.05) is 0 Å². The molecule has 1 aliphatic heterocycles. The molecule has 0 fully saturated rings. The summed E-state index contributed by atoms with van der Waals surface area (Å²) in [5, 5.41) is 10.5. The molecule has 0 bridgehead atoms. The van der Waals surface area contributed by atoms with Gasteiger partial charge in [-0.05, 0) is 62.9 Å². The van der Waals surface area contributed by atoms with Crippen LogP contribution in [0, 0.1) is 17.8 Å². The average Bonchev–Trinajstić information content (AvgIpc) is 2.53. The van der Waals surface area contributed by atoms with Gasteiger partial charge in [0.05, 0.1) is 18.5 Å². The van der Waals surface area contributed by atoms with Crippen LogP contribution in [0.2, 0.25) is 0 Å². The van der Waals surface area contributed by atoms with Crippen LogP contribution in [0.3, 0.4) is 0 Å². The summed E-state index contributed by atoms with van der Waals surface area (Å²) >= 11 is 0. The predicted molar refractivity (Wildman–Crippen MR) is 91.3 cm³/mol. The molecule has 3 N–H and O–H groups in total. The van der Waals surface area contributed by atoms with Crippen LogP contribution in [0.25, 0.3) is 0 Å². The van der Waals surface area contributed by atoms with Crippen LogP contribution in [0.1, 0.15) is 59.3 Å². The highest BCUT2D eigenvalue weighted by Gasteiger charge is 2.26. The molecule has 0 saturated carbocycles. The lowest BCUT2D eigenvalue weighted by atomic mass is 9.77. The summed E-state index contributed by atoms with van der Waals surface area (Å²) in [6, 6.07) is 0.180. The van der Waals surface area contributed by atoms with Crippen molar-refractivity contribution in [3.05, 3.63) is 23.5 Å². The minimum absolute atomic E-state index is 0.180. The van der Waals surface area contributed by atoms with Gasteiger partial charge in [0.15, 0.2) is 0 Å². The Bertz CT molecular complexity index is 414. The van der Waals surface area contributed by atoms with E-state index in [2.05, 4.69) is 32.9 Å². The molecule has 0 aromatic carbocycles. The molecule has 1 aliphatic carbocycles. The van der Waals surface area contributed by atoms with Crippen molar-refractivity contribution < 1.29 is 9.84 Å². The molecule has 22 heavy (non-hydrogen) atoms. The SMILES string of the molecule is CC1CC=C(CCC(O)C(C)C2CC=C(C(C)N)CC2)OC1. The highest BCUT2D eigenvalue weighted by Crippen LogP contribution is 2.33. The Hall–Kier alpha value is -0.800. The lowest BCUT2D eigenvalue weighted by Crippen LogP contribution is -2.29. The monoisotopic (exact) mass is 307 g/mol. The standard InChI is InChI=1S/C19H33NO2/c1-13-4-9-18(22-12-13)10-11-19(21)14(2)16-5-7-17(8-6-16)15(3)20/h7,9,13-16,19,21H,4-6,8,10-12,20H2,1-3H3. The largest absolute Gasteiger partial charge is 0.498 e. The molecule has 3 heteroatoms. The number of rotatable bonds is 6. The van der Waals surface area contributed by atoms with Crippen molar-refractivity contribution >= 4 is 0 Å². The predicted octanol–water partition coefficient (Wildman–Crippen LogP) is 3.78. The van der Waals surface area contributed by atoms with Crippen molar-refractivity contribution in [3.63, 3.8) is 0 Å². The maximum absolute atomic E-state index is 10.5. The molecular formula is C19H33NO2. The fourth-order valence-electron chi connectivity index (χ4n) is 3.52. The van der Waals surface area contributed by atoms with E-state index in [0.717, 1.165) is 50.9 Å². The van der Waals surface area contributed by atoms with Gasteiger partial charge in [0, 0.05) is 12.5 Å². The van der Waals surface area contributed by atoms with Crippen LogP contribution < -0.4 is 5.73 Å². The second-order valence-corrected chi connectivity index (χ2v) is 7.39. The Balaban J connectivity index is 1.77. The third-order valence-corrected chi connectivity index (χ3v) is 5.41. The van der Waals surface area contributed by atoms with Gasteiger partial charge in [-0.3, -0.25) is 0 Å². The van der Waals surface area contributed by atoms with Gasteiger partial charge in [0.2, 0.25) is 0 Å². The molecule has 2 rings (SSSR count). The molecule has 3 nitrogen and oxygen atoms in total. The lowest BCUT2D eigenvalue weighted by molar-refractivity contribution is 0.0631. The third kappa shape index (κ3) is 4.85. The van der Waals surface area contributed by atoms with Gasteiger partial charge in [-0.1, -0.05) is 25.5 Å². The number of allylic oxidation sites excluding steroid dienone is 3. The van der Waals surface area contributed by atoms with Crippen molar-refractivity contribution in [1.82, 2.24) is 0 Å². The van der Waals surface area contributed by atoms with Gasteiger partial charge in [0.1, 0.15) is 0 Å². The van der Waals surface area contributed by atoms with E-state index in [4.69, 9.17) is 10.5 Å². The molecule has 1 heterocycles. The summed E-state index contributed by atoms with van der Waals surface area (Å²) in [5.74, 6) is 2.63. The molecule has 2 aliphatic rings. The highest BCUT2D eigenvalue weighted by molar-refractivity contribution is 5.12. The Labute approximate surface area is 135 Å². The zero-order valence-electron chi connectivity index (χ0n) is 14.4. The van der Waals surface area contributed by atoms with E-state index in [0.29, 0.717) is 17.8 Å². The molecule has 0 aromatic rings. The smallest absolute Gasteiger partial charge is 0.0921 e. The minimum atomic E-state index is -0.237. The fraction of sp³-hybridized carbons (Fsp3) is 0.789. The first-order valence-corrected chi connectivity index (χ1v) is 8.91. The summed E-state index contributed by atoms with van der Waals surface area (Å²) in [6.45, 7) is 7.28. The molecule has 0 aromatic heterocycles. The second kappa shape index (κ2) is 8.16. The topological polar surface area (TPSA) is 55.5 Å². The van der Waals surface area contributed by atoms with E-state index in [9.17, 15) is 5.11 Å². The van der Waals surface area contributed by atoms with Crippen LogP contribution in [0.5, 0.6) is 0 Å². The second-order valence-electron chi connectivity index (χ2n) is 7.39. The van der Waals surface area contributed by atoms with E-state index >= 15 is 0 Å². The van der Waals surface area contributed by atoms with Gasteiger partial charge < -0.3 is 15.6 Å². The molecule has 126 valence electrons.